The molecule has 0 aromatic heterocycles. The SMILES string of the molecule is CCc1ccc2c(c1)[C@@]1(N[C@@H]([C@@H](C)O)[C@H]3C(=O)N(CCCOC)C(=O)[C@@H]31)C(=O)N2. The summed E-state index contributed by atoms with van der Waals surface area (Å²) in [6.07, 6.45) is 0.404. The second-order valence-corrected chi connectivity index (χ2v) is 8.08. The van der Waals surface area contributed by atoms with Crippen LogP contribution in [-0.4, -0.2) is 60.1 Å². The molecular formula is C21H27N3O5. The number of aliphatic hydroxyl groups excluding tert-OH is 1. The summed E-state index contributed by atoms with van der Waals surface area (Å²) >= 11 is 0. The first-order valence-corrected chi connectivity index (χ1v) is 10.1. The molecule has 3 aliphatic rings. The van der Waals surface area contributed by atoms with Crippen molar-refractivity contribution >= 4 is 23.4 Å². The summed E-state index contributed by atoms with van der Waals surface area (Å²) in [6.45, 7) is 4.27. The lowest BCUT2D eigenvalue weighted by molar-refractivity contribution is -0.143. The topological polar surface area (TPSA) is 108 Å². The number of hydrogen-bond acceptors (Lipinski definition) is 6. The average molecular weight is 401 g/mol. The third kappa shape index (κ3) is 2.73. The lowest BCUT2D eigenvalue weighted by Gasteiger charge is -2.30. The van der Waals surface area contributed by atoms with Gasteiger partial charge in [-0.2, -0.15) is 0 Å². The molecule has 0 unspecified atom stereocenters. The molecule has 1 spiro atoms. The number of benzene rings is 1. The quantitative estimate of drug-likeness (QED) is 0.470. The minimum atomic E-state index is -1.35. The molecule has 5 atom stereocenters. The maximum atomic E-state index is 13.4. The van der Waals surface area contributed by atoms with Gasteiger partial charge in [0.1, 0.15) is 5.54 Å². The highest BCUT2D eigenvalue weighted by Crippen LogP contribution is 2.53. The van der Waals surface area contributed by atoms with Gasteiger partial charge in [0.05, 0.1) is 17.9 Å². The molecule has 2 saturated heterocycles. The summed E-state index contributed by atoms with van der Waals surface area (Å²) in [5.74, 6) is -2.72. The number of carbonyl (C=O) groups excluding carboxylic acids is 3. The highest BCUT2D eigenvalue weighted by atomic mass is 16.5. The monoisotopic (exact) mass is 401 g/mol. The Labute approximate surface area is 169 Å². The normalized spacial score (nSPS) is 31.4. The Morgan fingerprint density at radius 3 is 2.69 bits per heavy atom. The molecule has 3 N–H and O–H groups in total. The van der Waals surface area contributed by atoms with E-state index in [2.05, 4.69) is 10.6 Å². The van der Waals surface area contributed by atoms with Gasteiger partial charge in [0.15, 0.2) is 0 Å². The number of rotatable bonds is 6. The van der Waals surface area contributed by atoms with Gasteiger partial charge in [0.25, 0.3) is 0 Å². The molecule has 3 amide bonds. The Bertz CT molecular complexity index is 870. The predicted molar refractivity (Wildman–Crippen MR) is 105 cm³/mol. The average Bonchev–Trinajstić information content (AvgIpc) is 3.28. The smallest absolute Gasteiger partial charge is 0.250 e. The molecule has 2 fully saturated rings. The standard InChI is InChI=1S/C21H27N3O5/c1-4-12-6-7-14-13(10-12)21(20(28)22-14)16-15(17(23-21)11(2)25)18(26)24(19(16)27)8-5-9-29-3/h6-7,10-11,15-17,23,25H,4-5,8-9H2,1-3H3,(H,22,28)/t11-,15+,16-,17+,21+/m1/s1. The van der Waals surface area contributed by atoms with Crippen molar-refractivity contribution in [3.8, 4) is 0 Å². The molecule has 4 rings (SSSR count). The van der Waals surface area contributed by atoms with Gasteiger partial charge < -0.3 is 15.2 Å². The van der Waals surface area contributed by atoms with Crippen LogP contribution in [0.25, 0.3) is 0 Å². The number of aryl methyl sites for hydroxylation is 1. The van der Waals surface area contributed by atoms with Crippen molar-refractivity contribution in [2.45, 2.75) is 44.4 Å². The first kappa shape index (κ1) is 20.0. The Balaban J connectivity index is 1.81. The fourth-order valence-electron chi connectivity index (χ4n) is 5.06. The van der Waals surface area contributed by atoms with E-state index in [4.69, 9.17) is 4.74 Å². The van der Waals surface area contributed by atoms with Crippen molar-refractivity contribution in [3.63, 3.8) is 0 Å². The first-order valence-electron chi connectivity index (χ1n) is 10.1. The highest BCUT2D eigenvalue weighted by Gasteiger charge is 2.70. The van der Waals surface area contributed by atoms with Crippen LogP contribution in [0.2, 0.25) is 0 Å². The number of anilines is 1. The Morgan fingerprint density at radius 1 is 1.28 bits per heavy atom. The van der Waals surface area contributed by atoms with Gasteiger partial charge in [0.2, 0.25) is 17.7 Å². The van der Waals surface area contributed by atoms with E-state index in [0.717, 1.165) is 12.0 Å². The van der Waals surface area contributed by atoms with E-state index in [1.807, 2.05) is 25.1 Å². The van der Waals surface area contributed by atoms with Crippen molar-refractivity contribution in [3.05, 3.63) is 29.3 Å². The van der Waals surface area contributed by atoms with E-state index in [9.17, 15) is 19.5 Å². The van der Waals surface area contributed by atoms with Crippen LogP contribution in [0.5, 0.6) is 0 Å². The second kappa shape index (κ2) is 7.19. The summed E-state index contributed by atoms with van der Waals surface area (Å²) in [4.78, 5) is 41.0. The number of methoxy groups -OCH3 is 1. The molecule has 1 aromatic rings. The Morgan fingerprint density at radius 2 is 2.03 bits per heavy atom. The number of nitrogens with one attached hydrogen (secondary N) is 2. The summed E-state index contributed by atoms with van der Waals surface area (Å²) in [5, 5.41) is 16.5. The number of amides is 3. The fourth-order valence-corrected chi connectivity index (χ4v) is 5.06. The largest absolute Gasteiger partial charge is 0.392 e. The van der Waals surface area contributed by atoms with Crippen LogP contribution in [0.1, 0.15) is 31.4 Å². The number of ether oxygens (including phenoxy) is 1. The van der Waals surface area contributed by atoms with E-state index in [0.29, 0.717) is 24.3 Å². The van der Waals surface area contributed by atoms with Crippen LogP contribution in [0.3, 0.4) is 0 Å². The zero-order chi connectivity index (χ0) is 20.9. The minimum Gasteiger partial charge on any atom is -0.392 e. The first-order chi connectivity index (χ1) is 13.9. The molecule has 8 nitrogen and oxygen atoms in total. The van der Waals surface area contributed by atoms with Gasteiger partial charge >= 0.3 is 0 Å². The maximum absolute atomic E-state index is 13.4. The van der Waals surface area contributed by atoms with Crippen LogP contribution in [0.15, 0.2) is 18.2 Å². The molecule has 3 aliphatic heterocycles. The summed E-state index contributed by atoms with van der Waals surface area (Å²) in [5.41, 5.74) is 1.00. The molecule has 0 aliphatic carbocycles. The Hall–Kier alpha value is -2.29. The van der Waals surface area contributed by atoms with Gasteiger partial charge in [-0.15, -0.1) is 0 Å². The van der Waals surface area contributed by atoms with E-state index in [1.165, 1.54) is 4.90 Å². The number of hydrogen-bond donors (Lipinski definition) is 3. The van der Waals surface area contributed by atoms with Crippen molar-refractivity contribution in [2.75, 3.05) is 25.6 Å². The van der Waals surface area contributed by atoms with Gasteiger partial charge in [0, 0.05) is 37.6 Å². The molecule has 0 saturated carbocycles. The fraction of sp³-hybridized carbons (Fsp3) is 0.571. The lowest BCUT2D eigenvalue weighted by Crippen LogP contribution is -2.54. The number of imide groups is 1. The molecule has 1 aromatic carbocycles. The van der Waals surface area contributed by atoms with E-state index in [1.54, 1.807) is 14.0 Å². The third-order valence-corrected chi connectivity index (χ3v) is 6.46. The minimum absolute atomic E-state index is 0.241. The molecular weight excluding hydrogens is 374 g/mol. The molecule has 0 bridgehead atoms. The number of fused-ring (bicyclic) bond motifs is 4. The van der Waals surface area contributed by atoms with Gasteiger partial charge in [-0.3, -0.25) is 24.6 Å². The number of carbonyl (C=O) groups is 3. The van der Waals surface area contributed by atoms with E-state index >= 15 is 0 Å². The maximum Gasteiger partial charge on any atom is 0.250 e. The third-order valence-electron chi connectivity index (χ3n) is 6.46. The number of nitrogens with zero attached hydrogens (tertiary/aromatic N) is 1. The summed E-state index contributed by atoms with van der Waals surface area (Å²) in [7, 11) is 1.57. The van der Waals surface area contributed by atoms with Gasteiger partial charge in [-0.1, -0.05) is 19.1 Å². The van der Waals surface area contributed by atoms with Crippen LogP contribution >= 0.6 is 0 Å². The van der Waals surface area contributed by atoms with Gasteiger partial charge in [-0.05, 0) is 31.4 Å². The molecule has 8 heteroatoms. The molecule has 3 heterocycles. The summed E-state index contributed by atoms with van der Waals surface area (Å²) < 4.78 is 5.04. The molecule has 29 heavy (non-hydrogen) atoms. The zero-order valence-corrected chi connectivity index (χ0v) is 16.9. The predicted octanol–water partition coefficient (Wildman–Crippen LogP) is 0.387. The highest BCUT2D eigenvalue weighted by molar-refractivity contribution is 6.15. The summed E-state index contributed by atoms with van der Waals surface area (Å²) in [6, 6.07) is 5.01. The van der Waals surface area contributed by atoms with Crippen LogP contribution in [0.4, 0.5) is 5.69 Å². The van der Waals surface area contributed by atoms with Crippen LogP contribution < -0.4 is 10.6 Å². The van der Waals surface area contributed by atoms with Crippen molar-refractivity contribution < 1.29 is 24.2 Å². The second-order valence-electron chi connectivity index (χ2n) is 8.08. The zero-order valence-electron chi connectivity index (χ0n) is 16.9. The van der Waals surface area contributed by atoms with Crippen molar-refractivity contribution in [1.82, 2.24) is 10.2 Å². The lowest BCUT2D eigenvalue weighted by atomic mass is 9.76. The Kier molecular flexibility index (Phi) is 4.96. The van der Waals surface area contributed by atoms with Crippen LogP contribution in [-0.2, 0) is 31.1 Å². The van der Waals surface area contributed by atoms with Crippen LogP contribution in [0, 0.1) is 11.8 Å². The molecule has 0 radical (unpaired) electrons. The number of likely N-dealkylation sites (tertiary alicyclic amines) is 1. The van der Waals surface area contributed by atoms with E-state index in [-0.39, 0.29) is 24.3 Å². The van der Waals surface area contributed by atoms with Crippen molar-refractivity contribution in [2.24, 2.45) is 11.8 Å². The van der Waals surface area contributed by atoms with E-state index < -0.39 is 29.5 Å². The number of aliphatic hydroxyl groups is 1. The van der Waals surface area contributed by atoms with Gasteiger partial charge in [-0.25, -0.2) is 0 Å². The van der Waals surface area contributed by atoms with Crippen molar-refractivity contribution in [1.29, 1.82) is 0 Å². The molecule has 156 valence electrons.